The molecule has 0 aliphatic carbocycles. The van der Waals surface area contributed by atoms with E-state index in [4.69, 9.17) is 9.84 Å². The van der Waals surface area contributed by atoms with E-state index in [1.165, 1.54) is 0 Å². The number of carboxylic acids is 1. The Morgan fingerprint density at radius 3 is 2.88 bits per heavy atom. The van der Waals surface area contributed by atoms with E-state index in [0.717, 1.165) is 22.2 Å². The Morgan fingerprint density at radius 1 is 1.47 bits per heavy atom. The van der Waals surface area contributed by atoms with Crippen LogP contribution >= 0.6 is 0 Å². The van der Waals surface area contributed by atoms with Gasteiger partial charge in [0.2, 0.25) is 0 Å². The number of aliphatic carboxylic acids is 1. The highest BCUT2D eigenvalue weighted by atomic mass is 16.5. The number of fused-ring (bicyclic) bond motifs is 1. The van der Waals surface area contributed by atoms with Crippen LogP contribution in [0.25, 0.3) is 10.9 Å². The molecule has 1 N–H and O–H groups in total. The number of methoxy groups -OCH3 is 1. The van der Waals surface area contributed by atoms with Crippen molar-refractivity contribution < 1.29 is 14.6 Å². The SMILES string of the molecule is COc1ccc2c(CCC(=O)O)cn(C)c2c1. The van der Waals surface area contributed by atoms with E-state index in [0.29, 0.717) is 6.42 Å². The molecule has 0 bridgehead atoms. The summed E-state index contributed by atoms with van der Waals surface area (Å²) in [7, 11) is 3.58. The molecule has 17 heavy (non-hydrogen) atoms. The molecule has 0 aliphatic heterocycles. The van der Waals surface area contributed by atoms with E-state index < -0.39 is 5.97 Å². The normalized spacial score (nSPS) is 10.7. The smallest absolute Gasteiger partial charge is 0.303 e. The maximum Gasteiger partial charge on any atom is 0.303 e. The fraction of sp³-hybridized carbons (Fsp3) is 0.308. The Bertz CT molecular complexity index is 557. The zero-order valence-corrected chi connectivity index (χ0v) is 9.93. The van der Waals surface area contributed by atoms with Crippen LogP contribution in [-0.2, 0) is 18.3 Å². The van der Waals surface area contributed by atoms with Gasteiger partial charge in [0.05, 0.1) is 12.6 Å². The van der Waals surface area contributed by atoms with Gasteiger partial charge < -0.3 is 14.4 Å². The van der Waals surface area contributed by atoms with Crippen molar-refractivity contribution >= 4 is 16.9 Å². The van der Waals surface area contributed by atoms with Gasteiger partial charge >= 0.3 is 5.97 Å². The molecule has 4 nitrogen and oxygen atoms in total. The fourth-order valence-electron chi connectivity index (χ4n) is 2.02. The Labute approximate surface area is 99.4 Å². The third kappa shape index (κ3) is 2.25. The van der Waals surface area contributed by atoms with Gasteiger partial charge in [-0.3, -0.25) is 4.79 Å². The molecular weight excluding hydrogens is 218 g/mol. The van der Waals surface area contributed by atoms with Crippen molar-refractivity contribution in [2.75, 3.05) is 7.11 Å². The van der Waals surface area contributed by atoms with Crippen LogP contribution < -0.4 is 4.74 Å². The number of carbonyl (C=O) groups is 1. The average Bonchev–Trinajstić information content (AvgIpc) is 2.63. The molecular formula is C13H15NO3. The molecule has 0 fully saturated rings. The molecule has 0 amide bonds. The monoisotopic (exact) mass is 233 g/mol. The van der Waals surface area contributed by atoms with Gasteiger partial charge in [-0.05, 0) is 24.1 Å². The van der Waals surface area contributed by atoms with Crippen LogP contribution in [-0.4, -0.2) is 22.8 Å². The molecule has 1 aromatic carbocycles. The molecule has 0 saturated carbocycles. The van der Waals surface area contributed by atoms with Crippen molar-refractivity contribution in [1.82, 2.24) is 4.57 Å². The Hall–Kier alpha value is -1.97. The number of hydrogen-bond donors (Lipinski definition) is 1. The van der Waals surface area contributed by atoms with Crippen LogP contribution in [0.1, 0.15) is 12.0 Å². The highest BCUT2D eigenvalue weighted by Crippen LogP contribution is 2.25. The fourth-order valence-corrected chi connectivity index (χ4v) is 2.02. The molecule has 0 saturated heterocycles. The number of aryl methyl sites for hydroxylation is 2. The number of nitrogens with zero attached hydrogens (tertiary/aromatic N) is 1. The summed E-state index contributed by atoms with van der Waals surface area (Å²) in [5.74, 6) is 0.0407. The summed E-state index contributed by atoms with van der Waals surface area (Å²) in [4.78, 5) is 10.6. The second-order valence-corrected chi connectivity index (χ2v) is 4.04. The molecule has 2 rings (SSSR count). The number of hydrogen-bond acceptors (Lipinski definition) is 2. The van der Waals surface area contributed by atoms with E-state index in [2.05, 4.69) is 0 Å². The molecule has 0 aliphatic rings. The summed E-state index contributed by atoms with van der Waals surface area (Å²) < 4.78 is 7.17. The van der Waals surface area contributed by atoms with E-state index in [1.807, 2.05) is 36.0 Å². The van der Waals surface area contributed by atoms with Gasteiger partial charge in [-0.2, -0.15) is 0 Å². The topological polar surface area (TPSA) is 51.5 Å². The molecule has 1 heterocycles. The van der Waals surface area contributed by atoms with Crippen LogP contribution in [0.3, 0.4) is 0 Å². The van der Waals surface area contributed by atoms with Gasteiger partial charge in [0.1, 0.15) is 5.75 Å². The summed E-state index contributed by atoms with van der Waals surface area (Å²) in [6.45, 7) is 0. The van der Waals surface area contributed by atoms with Crippen LogP contribution in [0.4, 0.5) is 0 Å². The van der Waals surface area contributed by atoms with Gasteiger partial charge in [0.25, 0.3) is 0 Å². The lowest BCUT2D eigenvalue weighted by Crippen LogP contribution is -1.96. The lowest BCUT2D eigenvalue weighted by molar-refractivity contribution is -0.136. The number of aromatic nitrogens is 1. The van der Waals surface area contributed by atoms with Gasteiger partial charge in [0.15, 0.2) is 0 Å². The summed E-state index contributed by atoms with van der Waals surface area (Å²) in [6.07, 6.45) is 2.69. The van der Waals surface area contributed by atoms with Crippen LogP contribution in [0.15, 0.2) is 24.4 Å². The zero-order valence-electron chi connectivity index (χ0n) is 9.93. The molecule has 2 aromatic rings. The van der Waals surface area contributed by atoms with Crippen molar-refractivity contribution in [3.8, 4) is 5.75 Å². The molecule has 0 unspecified atom stereocenters. The van der Waals surface area contributed by atoms with E-state index >= 15 is 0 Å². The van der Waals surface area contributed by atoms with Gasteiger partial charge in [0, 0.05) is 31.1 Å². The summed E-state index contributed by atoms with van der Waals surface area (Å²) in [5.41, 5.74) is 2.12. The standard InChI is InChI=1S/C13H15NO3/c1-14-8-9(3-6-13(15)16)11-5-4-10(17-2)7-12(11)14/h4-5,7-8H,3,6H2,1-2H3,(H,15,16). The Balaban J connectivity index is 2.41. The van der Waals surface area contributed by atoms with Crippen molar-refractivity contribution in [2.24, 2.45) is 7.05 Å². The maximum atomic E-state index is 10.6. The van der Waals surface area contributed by atoms with Gasteiger partial charge in [-0.1, -0.05) is 0 Å². The first-order valence-electron chi connectivity index (χ1n) is 5.45. The molecule has 4 heteroatoms. The maximum absolute atomic E-state index is 10.6. The summed E-state index contributed by atoms with van der Waals surface area (Å²) in [6, 6.07) is 5.83. The van der Waals surface area contributed by atoms with Crippen molar-refractivity contribution in [3.05, 3.63) is 30.0 Å². The number of carboxylic acid groups (broad SMARTS) is 1. The molecule has 0 radical (unpaired) electrons. The first-order valence-corrected chi connectivity index (χ1v) is 5.45. The minimum Gasteiger partial charge on any atom is -0.497 e. The lowest BCUT2D eigenvalue weighted by atomic mass is 10.1. The van der Waals surface area contributed by atoms with Crippen LogP contribution in [0.2, 0.25) is 0 Å². The van der Waals surface area contributed by atoms with E-state index in [-0.39, 0.29) is 6.42 Å². The van der Waals surface area contributed by atoms with E-state index in [9.17, 15) is 4.79 Å². The Kier molecular flexibility index (Phi) is 3.04. The minimum atomic E-state index is -0.768. The summed E-state index contributed by atoms with van der Waals surface area (Å²) >= 11 is 0. The largest absolute Gasteiger partial charge is 0.497 e. The molecule has 1 aromatic heterocycles. The number of rotatable bonds is 4. The van der Waals surface area contributed by atoms with Crippen molar-refractivity contribution in [3.63, 3.8) is 0 Å². The van der Waals surface area contributed by atoms with Crippen molar-refractivity contribution in [1.29, 1.82) is 0 Å². The third-order valence-electron chi connectivity index (χ3n) is 2.89. The first kappa shape index (κ1) is 11.5. The van der Waals surface area contributed by atoms with Crippen LogP contribution in [0.5, 0.6) is 5.75 Å². The quantitative estimate of drug-likeness (QED) is 0.880. The average molecular weight is 233 g/mol. The Morgan fingerprint density at radius 2 is 2.24 bits per heavy atom. The van der Waals surface area contributed by atoms with Gasteiger partial charge in [-0.25, -0.2) is 0 Å². The molecule has 0 spiro atoms. The number of ether oxygens (including phenoxy) is 1. The predicted molar refractivity (Wildman–Crippen MR) is 65.4 cm³/mol. The minimum absolute atomic E-state index is 0.158. The zero-order chi connectivity index (χ0) is 12.4. The molecule has 0 atom stereocenters. The summed E-state index contributed by atoms with van der Waals surface area (Å²) in [5, 5.41) is 9.80. The van der Waals surface area contributed by atoms with Gasteiger partial charge in [-0.15, -0.1) is 0 Å². The lowest BCUT2D eigenvalue weighted by Gasteiger charge is -2.01. The second kappa shape index (κ2) is 4.49. The highest BCUT2D eigenvalue weighted by Gasteiger charge is 2.08. The highest BCUT2D eigenvalue weighted by molar-refractivity contribution is 5.85. The second-order valence-electron chi connectivity index (χ2n) is 4.04. The first-order chi connectivity index (χ1) is 8.11. The van der Waals surface area contributed by atoms with Crippen LogP contribution in [0, 0.1) is 0 Å². The predicted octanol–water partition coefficient (Wildman–Crippen LogP) is 2.20. The third-order valence-corrected chi connectivity index (χ3v) is 2.89. The van der Waals surface area contributed by atoms with E-state index in [1.54, 1.807) is 7.11 Å². The van der Waals surface area contributed by atoms with Crippen molar-refractivity contribution in [2.45, 2.75) is 12.8 Å². The number of benzene rings is 1. The molecule has 90 valence electrons.